The second-order valence-electron chi connectivity index (χ2n) is 15.8. The Bertz CT molecular complexity index is 1210. The van der Waals surface area contributed by atoms with Gasteiger partial charge in [-0.25, -0.2) is 0 Å². The molecule has 1 aromatic carbocycles. The van der Waals surface area contributed by atoms with Crippen molar-refractivity contribution in [3.63, 3.8) is 0 Å². The third kappa shape index (κ3) is 7.54. The van der Waals surface area contributed by atoms with Crippen LogP contribution in [0.1, 0.15) is 92.1 Å². The van der Waals surface area contributed by atoms with Crippen molar-refractivity contribution < 1.29 is 14.4 Å². The monoisotopic (exact) mass is 641 g/mol. The maximum Gasteiger partial charge on any atom is 0.245 e. The molecule has 2 unspecified atom stereocenters. The van der Waals surface area contributed by atoms with E-state index in [4.69, 9.17) is 11.6 Å². The highest BCUT2D eigenvalue weighted by Crippen LogP contribution is 2.41. The van der Waals surface area contributed by atoms with Crippen LogP contribution < -0.4 is 0 Å². The summed E-state index contributed by atoms with van der Waals surface area (Å²) in [6, 6.07) is 7.35. The molecule has 3 amide bonds. The second kappa shape index (κ2) is 13.5. The number of benzene rings is 1. The van der Waals surface area contributed by atoms with E-state index in [0.29, 0.717) is 37.6 Å². The number of rotatable bonds is 6. The lowest BCUT2D eigenvalue weighted by molar-refractivity contribution is -0.147. The fourth-order valence-corrected chi connectivity index (χ4v) is 8.45. The van der Waals surface area contributed by atoms with Gasteiger partial charge in [-0.05, 0) is 82.5 Å². The van der Waals surface area contributed by atoms with Crippen LogP contribution in [0.25, 0.3) is 0 Å². The van der Waals surface area contributed by atoms with Crippen LogP contribution in [0.4, 0.5) is 0 Å². The molecular formula is C36H56ClN5O3. The number of carbonyl (C=O) groups excluding carboxylic acids is 3. The summed E-state index contributed by atoms with van der Waals surface area (Å²) in [7, 11) is 0. The van der Waals surface area contributed by atoms with Gasteiger partial charge in [0.2, 0.25) is 17.7 Å². The Kier molecular flexibility index (Phi) is 10.3. The minimum absolute atomic E-state index is 0.00128. The lowest BCUT2D eigenvalue weighted by atomic mass is 9.75. The first-order valence-electron chi connectivity index (χ1n) is 17.3. The van der Waals surface area contributed by atoms with Gasteiger partial charge < -0.3 is 19.6 Å². The summed E-state index contributed by atoms with van der Waals surface area (Å²) in [5, 5.41) is 0.680. The van der Waals surface area contributed by atoms with Crippen molar-refractivity contribution in [3.8, 4) is 0 Å². The summed E-state index contributed by atoms with van der Waals surface area (Å²) in [5.74, 6) is -0.133. The Morgan fingerprint density at radius 2 is 1.53 bits per heavy atom. The smallest absolute Gasteiger partial charge is 0.245 e. The average Bonchev–Trinajstić information content (AvgIpc) is 3.64. The predicted molar refractivity (Wildman–Crippen MR) is 180 cm³/mol. The molecule has 3 heterocycles. The van der Waals surface area contributed by atoms with Crippen LogP contribution in [0, 0.1) is 11.3 Å². The summed E-state index contributed by atoms with van der Waals surface area (Å²) in [6.07, 6.45) is 4.61. The van der Waals surface area contributed by atoms with E-state index in [9.17, 15) is 14.4 Å². The number of hydrogen-bond donors (Lipinski definition) is 0. The zero-order valence-corrected chi connectivity index (χ0v) is 29.5. The average molecular weight is 642 g/mol. The molecule has 1 saturated carbocycles. The standard InChI is InChI=1S/C36H56ClN5O3/c1-8-38-17-19-39(20-18-38)34(45)32-21-29(42(25(2)43)28-13-15-36(6,7)16-14-28)22-41(32)33(44)31-24-40(35(3,4)5)23-30(31)26-9-11-27(37)12-10-26/h9-12,28-32H,8,13-24H2,1-7H3/t29?,30-,31+,32?/m0/s1. The predicted octanol–water partition coefficient (Wildman–Crippen LogP) is 5.10. The fourth-order valence-electron chi connectivity index (χ4n) is 8.33. The lowest BCUT2D eigenvalue weighted by Crippen LogP contribution is -2.55. The topological polar surface area (TPSA) is 67.4 Å². The second-order valence-corrected chi connectivity index (χ2v) is 16.3. The van der Waals surface area contributed by atoms with Crippen molar-refractivity contribution in [3.05, 3.63) is 34.9 Å². The van der Waals surface area contributed by atoms with E-state index in [1.54, 1.807) is 6.92 Å². The first kappa shape index (κ1) is 34.2. The summed E-state index contributed by atoms with van der Waals surface area (Å²) >= 11 is 6.26. The van der Waals surface area contributed by atoms with Gasteiger partial charge in [-0.3, -0.25) is 19.3 Å². The van der Waals surface area contributed by atoms with Crippen LogP contribution in [0.3, 0.4) is 0 Å². The quantitative estimate of drug-likeness (QED) is 0.432. The van der Waals surface area contributed by atoms with Crippen LogP contribution >= 0.6 is 11.6 Å². The Morgan fingerprint density at radius 3 is 2.09 bits per heavy atom. The summed E-state index contributed by atoms with van der Waals surface area (Å²) in [6.45, 7) is 20.9. The zero-order chi connectivity index (χ0) is 32.7. The van der Waals surface area contributed by atoms with Crippen molar-refractivity contribution in [1.29, 1.82) is 0 Å². The molecule has 4 atom stereocenters. The van der Waals surface area contributed by atoms with Crippen LogP contribution in [0.5, 0.6) is 0 Å². The highest BCUT2D eigenvalue weighted by atomic mass is 35.5. The molecule has 0 N–H and O–H groups in total. The number of nitrogens with zero attached hydrogens (tertiary/aromatic N) is 5. The molecule has 1 aliphatic carbocycles. The van der Waals surface area contributed by atoms with Gasteiger partial charge >= 0.3 is 0 Å². The molecule has 0 radical (unpaired) electrons. The molecule has 4 fully saturated rings. The van der Waals surface area contributed by atoms with Gasteiger partial charge in [0.05, 0.1) is 12.0 Å². The van der Waals surface area contributed by atoms with E-state index in [1.165, 1.54) is 0 Å². The van der Waals surface area contributed by atoms with Crippen molar-refractivity contribution in [2.45, 2.75) is 110 Å². The van der Waals surface area contributed by atoms with Crippen molar-refractivity contribution in [1.82, 2.24) is 24.5 Å². The van der Waals surface area contributed by atoms with Crippen molar-refractivity contribution in [2.75, 3.05) is 52.4 Å². The van der Waals surface area contributed by atoms with Gasteiger partial charge in [0.1, 0.15) is 6.04 Å². The van der Waals surface area contributed by atoms with Crippen LogP contribution in [0.15, 0.2) is 24.3 Å². The molecule has 1 aromatic rings. The largest absolute Gasteiger partial charge is 0.338 e. The SMILES string of the molecule is CCN1CCN(C(=O)C2CC(N(C(C)=O)C3CCC(C)(C)CC3)CN2C(=O)[C@@H]2CN(C(C)(C)C)C[C@H]2c2ccc(Cl)cc2)CC1. The van der Waals surface area contributed by atoms with E-state index in [1.807, 2.05) is 34.1 Å². The summed E-state index contributed by atoms with van der Waals surface area (Å²) < 4.78 is 0. The molecule has 45 heavy (non-hydrogen) atoms. The summed E-state index contributed by atoms with van der Waals surface area (Å²) in [5.41, 5.74) is 1.30. The number of halogens is 1. The molecular weight excluding hydrogens is 586 g/mol. The van der Waals surface area contributed by atoms with Gasteiger partial charge in [-0.1, -0.05) is 44.5 Å². The lowest BCUT2D eigenvalue weighted by Gasteiger charge is -2.42. The van der Waals surface area contributed by atoms with Gasteiger partial charge in [-0.15, -0.1) is 0 Å². The molecule has 3 saturated heterocycles. The van der Waals surface area contributed by atoms with Gasteiger partial charge in [0.25, 0.3) is 0 Å². The van der Waals surface area contributed by atoms with Gasteiger partial charge in [-0.2, -0.15) is 0 Å². The molecule has 8 nitrogen and oxygen atoms in total. The number of carbonyl (C=O) groups is 3. The number of amides is 3. The molecule has 9 heteroatoms. The fraction of sp³-hybridized carbons (Fsp3) is 0.750. The Hall–Kier alpha value is -2.16. The molecule has 0 spiro atoms. The minimum Gasteiger partial charge on any atom is -0.338 e. The number of hydrogen-bond acceptors (Lipinski definition) is 5. The van der Waals surface area contributed by atoms with E-state index < -0.39 is 6.04 Å². The van der Waals surface area contributed by atoms with Gasteiger partial charge in [0.15, 0.2) is 0 Å². The highest BCUT2D eigenvalue weighted by molar-refractivity contribution is 6.30. The maximum atomic E-state index is 14.9. The first-order valence-corrected chi connectivity index (χ1v) is 17.7. The number of likely N-dealkylation sites (N-methyl/N-ethyl adjacent to an activating group) is 1. The third-order valence-electron chi connectivity index (χ3n) is 11.3. The minimum atomic E-state index is -0.549. The van der Waals surface area contributed by atoms with E-state index >= 15 is 0 Å². The Labute approximate surface area is 276 Å². The molecule has 0 aromatic heterocycles. The number of piperazine rings is 1. The maximum absolute atomic E-state index is 14.9. The molecule has 3 aliphatic heterocycles. The highest BCUT2D eigenvalue weighted by Gasteiger charge is 2.50. The van der Waals surface area contributed by atoms with Crippen LogP contribution in [-0.2, 0) is 14.4 Å². The van der Waals surface area contributed by atoms with Gasteiger partial charge in [0, 0.05) is 75.3 Å². The summed E-state index contributed by atoms with van der Waals surface area (Å²) in [4.78, 5) is 53.2. The Morgan fingerprint density at radius 1 is 0.911 bits per heavy atom. The van der Waals surface area contributed by atoms with Crippen LogP contribution in [-0.4, -0.2) is 118 Å². The molecule has 4 aliphatic rings. The first-order chi connectivity index (χ1) is 21.2. The third-order valence-corrected chi connectivity index (χ3v) is 11.6. The van der Waals surface area contributed by atoms with Crippen molar-refractivity contribution >= 4 is 29.3 Å². The molecule has 5 rings (SSSR count). The van der Waals surface area contributed by atoms with E-state index in [2.05, 4.69) is 56.2 Å². The number of likely N-dealkylation sites (tertiary alicyclic amines) is 2. The Balaban J connectivity index is 1.45. The van der Waals surface area contributed by atoms with E-state index in [0.717, 1.165) is 57.4 Å². The molecule has 250 valence electrons. The normalized spacial score (nSPS) is 28.4. The van der Waals surface area contributed by atoms with Crippen LogP contribution in [0.2, 0.25) is 5.02 Å². The van der Waals surface area contributed by atoms with E-state index in [-0.39, 0.29) is 52.6 Å². The molecule has 0 bridgehead atoms. The zero-order valence-electron chi connectivity index (χ0n) is 28.7. The van der Waals surface area contributed by atoms with Crippen molar-refractivity contribution in [2.24, 2.45) is 11.3 Å².